The van der Waals surface area contributed by atoms with Crippen LogP contribution in [-0.4, -0.2) is 71.5 Å². The maximum Gasteiger partial charge on any atom is 0.191 e. The molecule has 0 radical (unpaired) electrons. The van der Waals surface area contributed by atoms with Gasteiger partial charge >= 0.3 is 0 Å². The summed E-state index contributed by atoms with van der Waals surface area (Å²) in [5, 5.41) is 7.13. The lowest BCUT2D eigenvalue weighted by atomic mass is 9.67. The zero-order valence-corrected chi connectivity index (χ0v) is 21.7. The van der Waals surface area contributed by atoms with E-state index in [1.165, 1.54) is 31.2 Å². The third kappa shape index (κ3) is 6.61. The molecule has 1 unspecified atom stereocenters. The molecule has 1 heterocycles. The Morgan fingerprint density at radius 2 is 1.87 bits per heavy atom. The number of halogens is 1. The number of ether oxygens (including phenoxy) is 3. The standard InChI is InChI=1S/C23H38N4O3.HI/c1-5-23(9-6-10-23)17-26-22(24-2)25-16-19(27-11-13-30-14-12-27)18-7-8-20(28-3)21(15-18)29-4;/h7-8,15,19H,5-6,9-14,16-17H2,1-4H3,(H2,24,25,26);1H. The number of benzene rings is 1. The van der Waals surface area contributed by atoms with E-state index in [1.807, 2.05) is 13.1 Å². The van der Waals surface area contributed by atoms with E-state index < -0.39 is 0 Å². The number of hydrogen-bond donors (Lipinski definition) is 2. The first-order chi connectivity index (χ1) is 14.6. The highest BCUT2D eigenvalue weighted by Gasteiger charge is 2.35. The van der Waals surface area contributed by atoms with Crippen molar-refractivity contribution >= 4 is 29.9 Å². The molecule has 7 nitrogen and oxygen atoms in total. The van der Waals surface area contributed by atoms with Gasteiger partial charge in [-0.1, -0.05) is 19.4 Å². The van der Waals surface area contributed by atoms with Gasteiger partial charge in [-0.15, -0.1) is 24.0 Å². The largest absolute Gasteiger partial charge is 0.493 e. The van der Waals surface area contributed by atoms with Crippen LogP contribution in [0.5, 0.6) is 11.5 Å². The van der Waals surface area contributed by atoms with Crippen molar-refractivity contribution in [1.29, 1.82) is 0 Å². The molecule has 0 bridgehead atoms. The van der Waals surface area contributed by atoms with Crippen molar-refractivity contribution in [3.05, 3.63) is 23.8 Å². The van der Waals surface area contributed by atoms with Crippen molar-refractivity contribution in [1.82, 2.24) is 15.5 Å². The number of guanidine groups is 1. The Morgan fingerprint density at radius 1 is 1.16 bits per heavy atom. The summed E-state index contributed by atoms with van der Waals surface area (Å²) in [5.74, 6) is 2.37. The Labute approximate surface area is 204 Å². The molecule has 0 spiro atoms. The SMILES string of the molecule is CCC1(CNC(=NC)NCC(c2ccc(OC)c(OC)c2)N2CCOCC2)CCC1.I. The fraction of sp³-hybridized carbons (Fsp3) is 0.696. The Hall–Kier alpha value is -1.26. The second kappa shape index (κ2) is 12.7. The summed E-state index contributed by atoms with van der Waals surface area (Å²) in [5.41, 5.74) is 1.64. The Kier molecular flexibility index (Phi) is 10.6. The Balaban J connectivity index is 0.00000341. The molecule has 1 saturated heterocycles. The number of nitrogens with one attached hydrogen (secondary N) is 2. The summed E-state index contributed by atoms with van der Waals surface area (Å²) in [6.45, 7) is 7.38. The first kappa shape index (κ1) is 26.0. The second-order valence-corrected chi connectivity index (χ2v) is 8.29. The van der Waals surface area contributed by atoms with Crippen LogP contribution in [-0.2, 0) is 4.74 Å². The summed E-state index contributed by atoms with van der Waals surface area (Å²) < 4.78 is 16.5. The van der Waals surface area contributed by atoms with Crippen LogP contribution < -0.4 is 20.1 Å². The van der Waals surface area contributed by atoms with Gasteiger partial charge in [0.15, 0.2) is 17.5 Å². The summed E-state index contributed by atoms with van der Waals surface area (Å²) in [6.07, 6.45) is 5.20. The lowest BCUT2D eigenvalue weighted by molar-refractivity contribution is 0.0169. The van der Waals surface area contributed by atoms with E-state index in [2.05, 4.69) is 39.6 Å². The van der Waals surface area contributed by atoms with Gasteiger partial charge in [0.1, 0.15) is 0 Å². The average molecular weight is 546 g/mol. The molecule has 0 amide bonds. The zero-order chi connectivity index (χ0) is 21.4. The third-order valence-corrected chi connectivity index (χ3v) is 6.76. The molecule has 1 aliphatic carbocycles. The maximum atomic E-state index is 5.58. The molecule has 31 heavy (non-hydrogen) atoms. The van der Waals surface area contributed by atoms with E-state index in [0.717, 1.165) is 56.9 Å². The van der Waals surface area contributed by atoms with Gasteiger partial charge in [-0.3, -0.25) is 9.89 Å². The molecular weight excluding hydrogens is 507 g/mol. The van der Waals surface area contributed by atoms with Gasteiger partial charge in [0.2, 0.25) is 0 Å². The van der Waals surface area contributed by atoms with Crippen molar-refractivity contribution in [3.63, 3.8) is 0 Å². The minimum atomic E-state index is 0. The van der Waals surface area contributed by atoms with Crippen molar-refractivity contribution in [2.45, 2.75) is 38.6 Å². The van der Waals surface area contributed by atoms with E-state index in [-0.39, 0.29) is 30.0 Å². The number of hydrogen-bond acceptors (Lipinski definition) is 5. The van der Waals surface area contributed by atoms with Gasteiger partial charge in [0.25, 0.3) is 0 Å². The van der Waals surface area contributed by atoms with Crippen LogP contribution >= 0.6 is 24.0 Å². The molecule has 3 rings (SSSR count). The van der Waals surface area contributed by atoms with E-state index in [1.54, 1.807) is 14.2 Å². The van der Waals surface area contributed by atoms with Gasteiger partial charge in [-0.2, -0.15) is 0 Å². The average Bonchev–Trinajstić information content (AvgIpc) is 2.77. The predicted octanol–water partition coefficient (Wildman–Crippen LogP) is 3.44. The summed E-state index contributed by atoms with van der Waals surface area (Å²) in [4.78, 5) is 6.92. The van der Waals surface area contributed by atoms with Gasteiger partial charge in [0.05, 0.1) is 33.5 Å². The number of morpholine rings is 1. The zero-order valence-electron chi connectivity index (χ0n) is 19.4. The molecule has 1 atom stereocenters. The fourth-order valence-electron chi connectivity index (χ4n) is 4.42. The van der Waals surface area contributed by atoms with E-state index in [9.17, 15) is 0 Å². The van der Waals surface area contributed by atoms with Gasteiger partial charge < -0.3 is 24.8 Å². The number of rotatable bonds is 9. The third-order valence-electron chi connectivity index (χ3n) is 6.76. The molecule has 2 aliphatic rings. The quantitative estimate of drug-likeness (QED) is 0.281. The lowest BCUT2D eigenvalue weighted by Crippen LogP contribution is -2.49. The van der Waals surface area contributed by atoms with Crippen molar-refractivity contribution in [3.8, 4) is 11.5 Å². The molecule has 8 heteroatoms. The fourth-order valence-corrected chi connectivity index (χ4v) is 4.42. The minimum absolute atomic E-state index is 0. The van der Waals surface area contributed by atoms with Crippen LogP contribution in [0.2, 0.25) is 0 Å². The van der Waals surface area contributed by atoms with Crippen LogP contribution in [0, 0.1) is 5.41 Å². The van der Waals surface area contributed by atoms with E-state index in [0.29, 0.717) is 5.41 Å². The smallest absolute Gasteiger partial charge is 0.191 e. The Bertz CT molecular complexity index is 701. The molecular formula is C23H39IN4O3. The van der Waals surface area contributed by atoms with E-state index >= 15 is 0 Å². The van der Waals surface area contributed by atoms with Gasteiger partial charge in [0, 0.05) is 33.2 Å². The van der Waals surface area contributed by atoms with Crippen molar-refractivity contribution < 1.29 is 14.2 Å². The predicted molar refractivity (Wildman–Crippen MR) is 136 cm³/mol. The van der Waals surface area contributed by atoms with E-state index in [4.69, 9.17) is 14.2 Å². The van der Waals surface area contributed by atoms with Crippen LogP contribution in [0.4, 0.5) is 0 Å². The highest BCUT2D eigenvalue weighted by atomic mass is 127. The molecule has 1 aliphatic heterocycles. The topological polar surface area (TPSA) is 67.4 Å². The first-order valence-corrected chi connectivity index (χ1v) is 11.1. The molecule has 0 aromatic heterocycles. The van der Waals surface area contributed by atoms with Crippen LogP contribution in [0.1, 0.15) is 44.2 Å². The number of methoxy groups -OCH3 is 2. The molecule has 176 valence electrons. The highest BCUT2D eigenvalue weighted by molar-refractivity contribution is 14.0. The molecule has 1 saturated carbocycles. The maximum absolute atomic E-state index is 5.58. The summed E-state index contributed by atoms with van der Waals surface area (Å²) >= 11 is 0. The molecule has 2 N–H and O–H groups in total. The minimum Gasteiger partial charge on any atom is -0.493 e. The van der Waals surface area contributed by atoms with Crippen LogP contribution in [0.25, 0.3) is 0 Å². The number of aliphatic imine (C=N–C) groups is 1. The first-order valence-electron chi connectivity index (χ1n) is 11.1. The monoisotopic (exact) mass is 546 g/mol. The molecule has 1 aromatic carbocycles. The van der Waals surface area contributed by atoms with Crippen molar-refractivity contribution in [2.75, 3.05) is 60.7 Å². The van der Waals surface area contributed by atoms with Gasteiger partial charge in [-0.05, 0) is 42.4 Å². The van der Waals surface area contributed by atoms with Crippen molar-refractivity contribution in [2.24, 2.45) is 10.4 Å². The van der Waals surface area contributed by atoms with Gasteiger partial charge in [-0.25, -0.2) is 0 Å². The van der Waals surface area contributed by atoms with Crippen LogP contribution in [0.15, 0.2) is 23.2 Å². The molecule has 1 aromatic rings. The lowest BCUT2D eigenvalue weighted by Gasteiger charge is -2.41. The highest BCUT2D eigenvalue weighted by Crippen LogP contribution is 2.43. The number of nitrogens with zero attached hydrogens (tertiary/aromatic N) is 2. The normalized spacial score (nSPS) is 19.5. The summed E-state index contributed by atoms with van der Waals surface area (Å²) in [6, 6.07) is 6.38. The summed E-state index contributed by atoms with van der Waals surface area (Å²) in [7, 11) is 5.19. The Morgan fingerprint density at radius 3 is 2.42 bits per heavy atom. The van der Waals surface area contributed by atoms with Crippen LogP contribution in [0.3, 0.4) is 0 Å². The second-order valence-electron chi connectivity index (χ2n) is 8.29. The molecule has 2 fully saturated rings.